The van der Waals surface area contributed by atoms with E-state index in [0.29, 0.717) is 10.1 Å². The van der Waals surface area contributed by atoms with Gasteiger partial charge >= 0.3 is 5.97 Å². The van der Waals surface area contributed by atoms with Gasteiger partial charge in [-0.05, 0) is 15.9 Å². The summed E-state index contributed by atoms with van der Waals surface area (Å²) in [5.41, 5.74) is 0.496. The predicted molar refractivity (Wildman–Crippen MR) is 47.6 cm³/mol. The van der Waals surface area contributed by atoms with Crippen LogP contribution in [0, 0.1) is 0 Å². The lowest BCUT2D eigenvalue weighted by molar-refractivity contribution is 0.0693. The number of carboxylic acids is 1. The van der Waals surface area contributed by atoms with E-state index in [-0.39, 0.29) is 5.69 Å². The second-order valence-corrected chi connectivity index (χ2v) is 3.21. The van der Waals surface area contributed by atoms with Crippen molar-refractivity contribution in [1.82, 2.24) is 14.4 Å². The van der Waals surface area contributed by atoms with Crippen molar-refractivity contribution >= 4 is 27.4 Å². The first-order chi connectivity index (χ1) is 6.18. The fourth-order valence-electron chi connectivity index (χ4n) is 1.04. The first-order valence-electron chi connectivity index (χ1n) is 3.40. The summed E-state index contributed by atoms with van der Waals surface area (Å²) >= 11 is 3.17. The quantitative estimate of drug-likeness (QED) is 0.815. The van der Waals surface area contributed by atoms with E-state index in [1.807, 2.05) is 0 Å². The minimum atomic E-state index is -1.05. The molecule has 0 fully saturated rings. The molecule has 1 N–H and O–H groups in total. The summed E-state index contributed by atoms with van der Waals surface area (Å²) in [5.74, 6) is -1.05. The Balaban J connectivity index is 2.76. The molecule has 0 radical (unpaired) electrons. The number of nitrogens with zero attached hydrogens (tertiary/aromatic N) is 3. The number of rotatable bonds is 1. The molecule has 0 aromatic carbocycles. The van der Waals surface area contributed by atoms with Gasteiger partial charge in [0.1, 0.15) is 10.9 Å². The molecular weight excluding hydrogens is 238 g/mol. The Bertz CT molecular complexity index is 480. The monoisotopic (exact) mass is 241 g/mol. The van der Waals surface area contributed by atoms with Crippen molar-refractivity contribution in [1.29, 1.82) is 0 Å². The first kappa shape index (κ1) is 8.18. The van der Waals surface area contributed by atoms with Crippen LogP contribution in [0.1, 0.15) is 10.5 Å². The minimum absolute atomic E-state index is 0.0139. The van der Waals surface area contributed by atoms with Crippen LogP contribution >= 0.6 is 15.9 Å². The highest BCUT2D eigenvalue weighted by atomic mass is 79.9. The number of carboxylic acid groups (broad SMARTS) is 1. The standard InChI is InChI=1S/C7H4BrN3O2/c8-5-2-11-3-10-6(7(12)13)4(11)1-9-5/h1-3H,(H,12,13). The summed E-state index contributed by atoms with van der Waals surface area (Å²) in [6, 6.07) is 0. The highest BCUT2D eigenvalue weighted by Gasteiger charge is 2.11. The van der Waals surface area contributed by atoms with Crippen molar-refractivity contribution in [2.75, 3.05) is 0 Å². The molecule has 0 amide bonds. The van der Waals surface area contributed by atoms with E-state index in [1.165, 1.54) is 12.5 Å². The van der Waals surface area contributed by atoms with Gasteiger partial charge in [0.2, 0.25) is 0 Å². The van der Waals surface area contributed by atoms with Gasteiger partial charge in [-0.1, -0.05) is 0 Å². The van der Waals surface area contributed by atoms with Crippen molar-refractivity contribution < 1.29 is 9.90 Å². The van der Waals surface area contributed by atoms with Crippen LogP contribution in [-0.2, 0) is 0 Å². The fourth-order valence-corrected chi connectivity index (χ4v) is 1.36. The van der Waals surface area contributed by atoms with Gasteiger partial charge in [-0.25, -0.2) is 14.8 Å². The van der Waals surface area contributed by atoms with Gasteiger partial charge in [0.25, 0.3) is 0 Å². The van der Waals surface area contributed by atoms with Crippen LogP contribution in [0.4, 0.5) is 0 Å². The van der Waals surface area contributed by atoms with Crippen LogP contribution in [0.15, 0.2) is 23.3 Å². The number of aromatic carboxylic acids is 1. The third kappa shape index (κ3) is 1.29. The molecule has 6 heteroatoms. The van der Waals surface area contributed by atoms with Crippen LogP contribution in [0.5, 0.6) is 0 Å². The molecule has 13 heavy (non-hydrogen) atoms. The topological polar surface area (TPSA) is 67.5 Å². The zero-order chi connectivity index (χ0) is 9.42. The Kier molecular flexibility index (Phi) is 1.77. The molecule has 66 valence electrons. The van der Waals surface area contributed by atoms with Crippen molar-refractivity contribution in [2.45, 2.75) is 0 Å². The average Bonchev–Trinajstić information content (AvgIpc) is 2.46. The number of hydrogen-bond donors (Lipinski definition) is 1. The normalized spacial score (nSPS) is 10.5. The molecule has 0 aliphatic rings. The van der Waals surface area contributed by atoms with Gasteiger partial charge < -0.3 is 9.51 Å². The van der Waals surface area contributed by atoms with Crippen molar-refractivity contribution in [3.8, 4) is 0 Å². The molecule has 0 unspecified atom stereocenters. The molecule has 0 bridgehead atoms. The van der Waals surface area contributed by atoms with Gasteiger partial charge in [-0.15, -0.1) is 0 Å². The zero-order valence-electron chi connectivity index (χ0n) is 6.31. The van der Waals surface area contributed by atoms with Crippen LogP contribution < -0.4 is 0 Å². The van der Waals surface area contributed by atoms with E-state index < -0.39 is 5.97 Å². The van der Waals surface area contributed by atoms with Gasteiger partial charge in [0, 0.05) is 6.20 Å². The summed E-state index contributed by atoms with van der Waals surface area (Å²) in [7, 11) is 0. The number of halogens is 1. The molecule has 2 heterocycles. The van der Waals surface area contributed by atoms with E-state index in [4.69, 9.17) is 5.11 Å². The number of imidazole rings is 1. The Hall–Kier alpha value is -1.43. The van der Waals surface area contributed by atoms with E-state index in [9.17, 15) is 4.79 Å². The molecule has 2 aromatic heterocycles. The number of carbonyl (C=O) groups is 1. The largest absolute Gasteiger partial charge is 0.476 e. The van der Waals surface area contributed by atoms with E-state index >= 15 is 0 Å². The van der Waals surface area contributed by atoms with Gasteiger partial charge in [-0.3, -0.25) is 0 Å². The lowest BCUT2D eigenvalue weighted by Gasteiger charge is -1.93. The third-order valence-corrected chi connectivity index (χ3v) is 2.00. The summed E-state index contributed by atoms with van der Waals surface area (Å²) in [4.78, 5) is 18.3. The van der Waals surface area contributed by atoms with Crippen molar-refractivity contribution in [2.24, 2.45) is 0 Å². The van der Waals surface area contributed by atoms with Crippen LogP contribution in [-0.4, -0.2) is 25.4 Å². The van der Waals surface area contributed by atoms with Gasteiger partial charge in [0.15, 0.2) is 5.69 Å². The Morgan fingerprint density at radius 3 is 3.00 bits per heavy atom. The molecule has 2 rings (SSSR count). The second kappa shape index (κ2) is 2.81. The van der Waals surface area contributed by atoms with Gasteiger partial charge in [-0.2, -0.15) is 0 Å². The maximum Gasteiger partial charge on any atom is 0.356 e. The van der Waals surface area contributed by atoms with Crippen molar-refractivity contribution in [3.63, 3.8) is 0 Å². The number of fused-ring (bicyclic) bond motifs is 1. The molecule has 2 aromatic rings. The van der Waals surface area contributed by atoms with Gasteiger partial charge in [0.05, 0.1) is 11.7 Å². The van der Waals surface area contributed by atoms with E-state index in [2.05, 4.69) is 25.9 Å². The maximum absolute atomic E-state index is 10.6. The predicted octanol–water partition coefficient (Wildman–Crippen LogP) is 1.19. The first-order valence-corrected chi connectivity index (χ1v) is 4.19. The lowest BCUT2D eigenvalue weighted by Crippen LogP contribution is -1.97. The fraction of sp³-hybridized carbons (Fsp3) is 0. The smallest absolute Gasteiger partial charge is 0.356 e. The average molecular weight is 242 g/mol. The highest BCUT2D eigenvalue weighted by Crippen LogP contribution is 2.11. The summed E-state index contributed by atoms with van der Waals surface area (Å²) < 4.78 is 2.23. The molecular formula is C7H4BrN3O2. The van der Waals surface area contributed by atoms with Crippen LogP contribution in [0.25, 0.3) is 5.52 Å². The minimum Gasteiger partial charge on any atom is -0.476 e. The molecule has 0 atom stereocenters. The van der Waals surface area contributed by atoms with Crippen molar-refractivity contribution in [3.05, 3.63) is 29.0 Å². The molecule has 5 nitrogen and oxygen atoms in total. The molecule has 0 spiro atoms. The SMILES string of the molecule is O=C(O)c1ncn2cc(Br)ncc12. The Morgan fingerprint density at radius 2 is 2.31 bits per heavy atom. The zero-order valence-corrected chi connectivity index (χ0v) is 7.89. The molecule has 0 saturated carbocycles. The molecule has 0 aliphatic carbocycles. The summed E-state index contributed by atoms with van der Waals surface area (Å²) in [5, 5.41) is 8.73. The lowest BCUT2D eigenvalue weighted by atomic mass is 10.4. The highest BCUT2D eigenvalue weighted by molar-refractivity contribution is 9.10. The van der Waals surface area contributed by atoms with Crippen LogP contribution in [0.3, 0.4) is 0 Å². The van der Waals surface area contributed by atoms with Crippen LogP contribution in [0.2, 0.25) is 0 Å². The Morgan fingerprint density at radius 1 is 1.54 bits per heavy atom. The number of aromatic nitrogens is 3. The Labute approximate surface area is 81.2 Å². The maximum atomic E-state index is 10.6. The third-order valence-electron chi connectivity index (χ3n) is 1.59. The van der Waals surface area contributed by atoms with E-state index in [0.717, 1.165) is 0 Å². The summed E-state index contributed by atoms with van der Waals surface area (Å²) in [6.07, 6.45) is 4.54. The second-order valence-electron chi connectivity index (χ2n) is 2.40. The molecule has 0 aliphatic heterocycles. The van der Waals surface area contributed by atoms with E-state index in [1.54, 1.807) is 10.6 Å². The summed E-state index contributed by atoms with van der Waals surface area (Å²) in [6.45, 7) is 0. The number of hydrogen-bond acceptors (Lipinski definition) is 3. The molecule has 0 saturated heterocycles.